The molecule has 1 aromatic rings. The third kappa shape index (κ3) is 8.98. The van der Waals surface area contributed by atoms with Crippen LogP contribution < -0.4 is 10.8 Å². The fourth-order valence-corrected chi connectivity index (χ4v) is 2.61. The van der Waals surface area contributed by atoms with Gasteiger partial charge in [0.15, 0.2) is 0 Å². The van der Waals surface area contributed by atoms with Crippen molar-refractivity contribution in [1.82, 2.24) is 5.48 Å². The van der Waals surface area contributed by atoms with E-state index in [4.69, 9.17) is 5.21 Å². The van der Waals surface area contributed by atoms with Gasteiger partial charge in [-0.2, -0.15) is 0 Å². The minimum atomic E-state index is -0.340. The molecule has 0 aliphatic carbocycles. The highest BCUT2D eigenvalue weighted by Gasteiger charge is 2.12. The molecule has 0 heterocycles. The summed E-state index contributed by atoms with van der Waals surface area (Å²) in [5, 5.41) is 11.4. The molecule has 5 heteroatoms. The van der Waals surface area contributed by atoms with Crippen molar-refractivity contribution in [3.05, 3.63) is 30.3 Å². The quantitative estimate of drug-likeness (QED) is 0.427. The summed E-state index contributed by atoms with van der Waals surface area (Å²) < 4.78 is 0. The van der Waals surface area contributed by atoms with Crippen LogP contribution in [0.4, 0.5) is 5.69 Å². The van der Waals surface area contributed by atoms with Crippen molar-refractivity contribution in [2.75, 3.05) is 5.32 Å². The highest BCUT2D eigenvalue weighted by atomic mass is 16.5. The van der Waals surface area contributed by atoms with Gasteiger partial charge in [-0.05, 0) is 37.3 Å². The Kier molecular flexibility index (Phi) is 9.71. The van der Waals surface area contributed by atoms with Crippen molar-refractivity contribution < 1.29 is 14.8 Å². The zero-order valence-corrected chi connectivity index (χ0v) is 13.9. The van der Waals surface area contributed by atoms with Crippen LogP contribution in [0, 0.1) is 5.92 Å². The number of nitrogens with one attached hydrogen (secondary N) is 2. The standard InChI is InChI=1S/C18H28N2O3/c1-2-3-8-15(13-14-18(22)20-23)9-7-12-17(21)19-16-10-5-4-6-11-16/h4-6,10-11,15,23H,2-3,7-9,12-14H2,1H3,(H,19,21)(H,20,22). The van der Waals surface area contributed by atoms with Crippen molar-refractivity contribution in [3.8, 4) is 0 Å². The Labute approximate surface area is 138 Å². The van der Waals surface area contributed by atoms with Gasteiger partial charge in [-0.1, -0.05) is 44.4 Å². The van der Waals surface area contributed by atoms with E-state index in [-0.39, 0.29) is 11.8 Å². The number of unbranched alkanes of at least 4 members (excludes halogenated alkanes) is 1. The number of hydrogen-bond acceptors (Lipinski definition) is 3. The zero-order valence-electron chi connectivity index (χ0n) is 13.9. The minimum Gasteiger partial charge on any atom is -0.326 e. The van der Waals surface area contributed by atoms with E-state index >= 15 is 0 Å². The molecule has 128 valence electrons. The second-order valence-electron chi connectivity index (χ2n) is 5.89. The maximum atomic E-state index is 11.9. The van der Waals surface area contributed by atoms with E-state index in [1.54, 1.807) is 5.48 Å². The van der Waals surface area contributed by atoms with Gasteiger partial charge in [-0.25, -0.2) is 5.48 Å². The number of para-hydroxylation sites is 1. The SMILES string of the molecule is CCCCC(CCCC(=O)Nc1ccccc1)CCC(=O)NO. The van der Waals surface area contributed by atoms with Crippen LogP contribution in [-0.4, -0.2) is 17.0 Å². The molecule has 5 nitrogen and oxygen atoms in total. The molecule has 0 saturated heterocycles. The van der Waals surface area contributed by atoms with E-state index < -0.39 is 0 Å². The Morgan fingerprint density at radius 3 is 2.35 bits per heavy atom. The number of carbonyl (C=O) groups excluding carboxylic acids is 2. The molecule has 0 radical (unpaired) electrons. The van der Waals surface area contributed by atoms with Crippen molar-refractivity contribution in [2.45, 2.75) is 58.3 Å². The number of hydrogen-bond donors (Lipinski definition) is 3. The Bertz CT molecular complexity index is 463. The smallest absolute Gasteiger partial charge is 0.243 e. The number of hydroxylamine groups is 1. The van der Waals surface area contributed by atoms with Gasteiger partial charge < -0.3 is 5.32 Å². The molecule has 0 spiro atoms. The molecule has 0 fully saturated rings. The molecular weight excluding hydrogens is 292 g/mol. The average molecular weight is 320 g/mol. The number of benzene rings is 1. The number of anilines is 1. The molecule has 1 aromatic carbocycles. The molecule has 3 N–H and O–H groups in total. The highest BCUT2D eigenvalue weighted by Crippen LogP contribution is 2.21. The first-order valence-electron chi connectivity index (χ1n) is 8.43. The molecule has 0 aliphatic heterocycles. The maximum Gasteiger partial charge on any atom is 0.243 e. The maximum absolute atomic E-state index is 11.9. The second kappa shape index (κ2) is 11.7. The van der Waals surface area contributed by atoms with Crippen LogP contribution in [0.2, 0.25) is 0 Å². The third-order valence-corrected chi connectivity index (χ3v) is 3.94. The van der Waals surface area contributed by atoms with E-state index in [0.717, 1.165) is 44.2 Å². The van der Waals surface area contributed by atoms with E-state index in [1.165, 1.54) is 0 Å². The predicted molar refractivity (Wildman–Crippen MR) is 91.1 cm³/mol. The number of rotatable bonds is 11. The first kappa shape index (κ1) is 19.2. The first-order valence-corrected chi connectivity index (χ1v) is 8.43. The van der Waals surface area contributed by atoms with Crippen molar-refractivity contribution >= 4 is 17.5 Å². The van der Waals surface area contributed by atoms with Gasteiger partial charge in [-0.3, -0.25) is 14.8 Å². The normalized spacial score (nSPS) is 11.7. The minimum absolute atomic E-state index is 0.0264. The van der Waals surface area contributed by atoms with Gasteiger partial charge in [-0.15, -0.1) is 0 Å². The molecule has 0 saturated carbocycles. The predicted octanol–water partition coefficient (Wildman–Crippen LogP) is 3.89. The Hall–Kier alpha value is -1.88. The molecule has 0 aliphatic rings. The van der Waals surface area contributed by atoms with E-state index in [1.807, 2.05) is 30.3 Å². The first-order chi connectivity index (χ1) is 11.2. The van der Waals surface area contributed by atoms with Gasteiger partial charge in [0.05, 0.1) is 0 Å². The third-order valence-electron chi connectivity index (χ3n) is 3.94. The molecule has 1 rings (SSSR count). The largest absolute Gasteiger partial charge is 0.326 e. The molecule has 1 unspecified atom stereocenters. The fourth-order valence-electron chi connectivity index (χ4n) is 2.61. The summed E-state index contributed by atoms with van der Waals surface area (Å²) in [6, 6.07) is 9.44. The summed E-state index contributed by atoms with van der Waals surface area (Å²) in [6.45, 7) is 2.14. The zero-order chi connectivity index (χ0) is 16.9. The van der Waals surface area contributed by atoms with Crippen molar-refractivity contribution in [2.24, 2.45) is 5.92 Å². The van der Waals surface area contributed by atoms with E-state index in [9.17, 15) is 9.59 Å². The van der Waals surface area contributed by atoms with Crippen LogP contribution in [-0.2, 0) is 9.59 Å². The van der Waals surface area contributed by atoms with Crippen molar-refractivity contribution in [3.63, 3.8) is 0 Å². The van der Waals surface area contributed by atoms with Gasteiger partial charge in [0.25, 0.3) is 0 Å². The molecule has 0 bridgehead atoms. The van der Waals surface area contributed by atoms with Gasteiger partial charge in [0.2, 0.25) is 11.8 Å². The molecule has 0 aromatic heterocycles. The van der Waals surface area contributed by atoms with Gasteiger partial charge >= 0.3 is 0 Å². The lowest BCUT2D eigenvalue weighted by atomic mass is 9.91. The van der Waals surface area contributed by atoms with Crippen LogP contribution in [0.25, 0.3) is 0 Å². The lowest BCUT2D eigenvalue weighted by Gasteiger charge is -2.16. The van der Waals surface area contributed by atoms with Crippen LogP contribution >= 0.6 is 0 Å². The van der Waals surface area contributed by atoms with Crippen molar-refractivity contribution in [1.29, 1.82) is 0 Å². The molecular formula is C18H28N2O3. The highest BCUT2D eigenvalue weighted by molar-refractivity contribution is 5.90. The van der Waals surface area contributed by atoms with E-state index in [0.29, 0.717) is 18.8 Å². The summed E-state index contributed by atoms with van der Waals surface area (Å²) in [5.41, 5.74) is 2.49. The van der Waals surface area contributed by atoms with Gasteiger partial charge in [0, 0.05) is 18.5 Å². The monoisotopic (exact) mass is 320 g/mol. The van der Waals surface area contributed by atoms with Crippen LogP contribution in [0.5, 0.6) is 0 Å². The Morgan fingerprint density at radius 2 is 1.70 bits per heavy atom. The lowest BCUT2D eigenvalue weighted by Crippen LogP contribution is -2.19. The summed E-state index contributed by atoms with van der Waals surface area (Å²) in [4.78, 5) is 23.1. The summed E-state index contributed by atoms with van der Waals surface area (Å²) in [7, 11) is 0. The lowest BCUT2D eigenvalue weighted by molar-refractivity contribution is -0.129. The summed E-state index contributed by atoms with van der Waals surface area (Å²) in [5.74, 6) is 0.114. The average Bonchev–Trinajstić information content (AvgIpc) is 2.57. The van der Waals surface area contributed by atoms with Gasteiger partial charge in [0.1, 0.15) is 0 Å². The van der Waals surface area contributed by atoms with Crippen LogP contribution in [0.1, 0.15) is 58.3 Å². The molecule has 2 amide bonds. The van der Waals surface area contributed by atoms with E-state index in [2.05, 4.69) is 12.2 Å². The Balaban J connectivity index is 2.29. The number of carbonyl (C=O) groups is 2. The summed E-state index contributed by atoms with van der Waals surface area (Å²) in [6.07, 6.45) is 6.64. The number of amides is 2. The van der Waals surface area contributed by atoms with Crippen LogP contribution in [0.15, 0.2) is 30.3 Å². The topological polar surface area (TPSA) is 78.4 Å². The molecule has 23 heavy (non-hydrogen) atoms. The molecule has 1 atom stereocenters. The van der Waals surface area contributed by atoms with Crippen LogP contribution in [0.3, 0.4) is 0 Å². The fraction of sp³-hybridized carbons (Fsp3) is 0.556. The summed E-state index contributed by atoms with van der Waals surface area (Å²) >= 11 is 0. The Morgan fingerprint density at radius 1 is 1.00 bits per heavy atom. The second-order valence-corrected chi connectivity index (χ2v) is 5.89.